The predicted molar refractivity (Wildman–Crippen MR) is 56.2 cm³/mol. The Morgan fingerprint density at radius 1 is 1.50 bits per heavy atom. The van der Waals surface area contributed by atoms with Crippen LogP contribution in [0.4, 0.5) is 0 Å². The number of aliphatic carboxylic acids is 1. The summed E-state index contributed by atoms with van der Waals surface area (Å²) in [5.74, 6) is -1.02. The minimum atomic E-state index is -0.716. The van der Waals surface area contributed by atoms with Crippen molar-refractivity contribution < 1.29 is 9.90 Å². The maximum atomic E-state index is 10.7. The van der Waals surface area contributed by atoms with E-state index in [-0.39, 0.29) is 12.0 Å². The largest absolute Gasteiger partial charge is 0.481 e. The molecule has 0 aromatic heterocycles. The molecule has 0 aliphatic heterocycles. The lowest BCUT2D eigenvalue weighted by Gasteiger charge is -2.21. The maximum absolute atomic E-state index is 10.7. The second kappa shape index (κ2) is 4.30. The number of carboxylic acid groups (broad SMARTS) is 1. The fourth-order valence-electron chi connectivity index (χ4n) is 1.60. The van der Waals surface area contributed by atoms with Crippen molar-refractivity contribution in [3.05, 3.63) is 0 Å². The molecule has 0 heterocycles. The highest BCUT2D eigenvalue weighted by molar-refractivity contribution is 5.70. The van der Waals surface area contributed by atoms with Crippen LogP contribution in [0.5, 0.6) is 0 Å². The van der Waals surface area contributed by atoms with Crippen LogP contribution in [0.1, 0.15) is 40.0 Å². The van der Waals surface area contributed by atoms with Crippen molar-refractivity contribution >= 4 is 5.97 Å². The lowest BCUT2D eigenvalue weighted by molar-refractivity contribution is -0.141. The fraction of sp³-hybridized carbons (Fsp3) is 0.909. The Balaban J connectivity index is 2.27. The van der Waals surface area contributed by atoms with Crippen molar-refractivity contribution in [2.24, 2.45) is 11.3 Å². The van der Waals surface area contributed by atoms with Crippen molar-refractivity contribution in [1.82, 2.24) is 5.32 Å². The molecule has 0 saturated heterocycles. The molecule has 2 N–H and O–H groups in total. The van der Waals surface area contributed by atoms with Crippen LogP contribution in [-0.2, 0) is 4.79 Å². The Hall–Kier alpha value is -0.570. The zero-order valence-corrected chi connectivity index (χ0v) is 9.34. The van der Waals surface area contributed by atoms with Gasteiger partial charge in [0, 0.05) is 12.6 Å². The first kappa shape index (κ1) is 11.5. The molecule has 0 spiro atoms. The topological polar surface area (TPSA) is 49.3 Å². The normalized spacial score (nSPS) is 22.8. The standard InChI is InChI=1S/C11H21NO2/c1-4-11(5-6-11)7-12-9(3)8(2)10(13)14/h8-9,12H,4-7H2,1-3H3,(H,13,14). The quantitative estimate of drug-likeness (QED) is 0.686. The zero-order chi connectivity index (χ0) is 10.8. The van der Waals surface area contributed by atoms with Gasteiger partial charge < -0.3 is 10.4 Å². The summed E-state index contributed by atoms with van der Waals surface area (Å²) in [6, 6.07) is 0.0662. The van der Waals surface area contributed by atoms with Gasteiger partial charge >= 0.3 is 5.97 Å². The second-order valence-corrected chi connectivity index (χ2v) is 4.65. The lowest BCUT2D eigenvalue weighted by Crippen LogP contribution is -2.39. The molecule has 1 saturated carbocycles. The van der Waals surface area contributed by atoms with Gasteiger partial charge in [0.1, 0.15) is 0 Å². The number of nitrogens with one attached hydrogen (secondary N) is 1. The highest BCUT2D eigenvalue weighted by Crippen LogP contribution is 2.47. The number of hydrogen-bond donors (Lipinski definition) is 2. The van der Waals surface area contributed by atoms with E-state index < -0.39 is 5.97 Å². The number of carboxylic acids is 1. The summed E-state index contributed by atoms with van der Waals surface area (Å²) in [6.45, 7) is 6.89. The Bertz CT molecular complexity index is 211. The summed E-state index contributed by atoms with van der Waals surface area (Å²) in [7, 11) is 0. The van der Waals surface area contributed by atoms with Crippen molar-refractivity contribution in [1.29, 1.82) is 0 Å². The van der Waals surface area contributed by atoms with Gasteiger partial charge in [-0.1, -0.05) is 13.8 Å². The van der Waals surface area contributed by atoms with Gasteiger partial charge in [0.05, 0.1) is 5.92 Å². The number of rotatable bonds is 6. The summed E-state index contributed by atoms with van der Waals surface area (Å²) in [5.41, 5.74) is 0.493. The Labute approximate surface area is 85.9 Å². The molecule has 0 aromatic rings. The smallest absolute Gasteiger partial charge is 0.307 e. The van der Waals surface area contributed by atoms with Crippen molar-refractivity contribution in [3.8, 4) is 0 Å². The Morgan fingerprint density at radius 3 is 2.43 bits per heavy atom. The molecule has 14 heavy (non-hydrogen) atoms. The van der Waals surface area contributed by atoms with Crippen LogP contribution in [-0.4, -0.2) is 23.7 Å². The third kappa shape index (κ3) is 2.71. The van der Waals surface area contributed by atoms with Gasteiger partial charge in [-0.3, -0.25) is 4.79 Å². The second-order valence-electron chi connectivity index (χ2n) is 4.65. The summed E-state index contributed by atoms with van der Waals surface area (Å²) in [5, 5.41) is 12.2. The molecule has 0 bridgehead atoms. The minimum Gasteiger partial charge on any atom is -0.481 e. The van der Waals surface area contributed by atoms with Gasteiger partial charge in [-0.05, 0) is 31.6 Å². The van der Waals surface area contributed by atoms with Crippen molar-refractivity contribution in [2.45, 2.75) is 46.1 Å². The number of hydrogen-bond acceptors (Lipinski definition) is 2. The molecule has 0 radical (unpaired) electrons. The predicted octanol–water partition coefficient (Wildman–Crippen LogP) is 1.88. The summed E-state index contributed by atoms with van der Waals surface area (Å²) in [4.78, 5) is 10.7. The third-order valence-corrected chi connectivity index (χ3v) is 3.65. The molecule has 2 atom stereocenters. The zero-order valence-electron chi connectivity index (χ0n) is 9.34. The van der Waals surface area contributed by atoms with Gasteiger partial charge in [-0.2, -0.15) is 0 Å². The first-order chi connectivity index (χ1) is 6.51. The molecule has 0 aromatic carbocycles. The lowest BCUT2D eigenvalue weighted by atomic mass is 10.0. The average Bonchev–Trinajstić information content (AvgIpc) is 2.93. The third-order valence-electron chi connectivity index (χ3n) is 3.65. The maximum Gasteiger partial charge on any atom is 0.307 e. The van der Waals surface area contributed by atoms with E-state index in [1.165, 1.54) is 19.3 Å². The van der Waals surface area contributed by atoms with Crippen molar-refractivity contribution in [2.75, 3.05) is 6.54 Å². The van der Waals surface area contributed by atoms with E-state index >= 15 is 0 Å². The first-order valence-corrected chi connectivity index (χ1v) is 5.47. The van der Waals surface area contributed by atoms with E-state index in [0.717, 1.165) is 6.54 Å². The van der Waals surface area contributed by atoms with Gasteiger partial charge in [-0.25, -0.2) is 0 Å². The molecule has 3 nitrogen and oxygen atoms in total. The van der Waals surface area contributed by atoms with Crippen LogP contribution < -0.4 is 5.32 Å². The molecule has 1 aliphatic rings. The Kier molecular flexibility index (Phi) is 3.53. The van der Waals surface area contributed by atoms with E-state index in [4.69, 9.17) is 5.11 Å². The highest BCUT2D eigenvalue weighted by Gasteiger charge is 2.40. The van der Waals surface area contributed by atoms with E-state index in [0.29, 0.717) is 5.41 Å². The molecule has 0 amide bonds. The van der Waals surface area contributed by atoms with Crippen LogP contribution in [0, 0.1) is 11.3 Å². The van der Waals surface area contributed by atoms with Gasteiger partial charge in [0.25, 0.3) is 0 Å². The van der Waals surface area contributed by atoms with Crippen LogP contribution in [0.25, 0.3) is 0 Å². The van der Waals surface area contributed by atoms with E-state index in [2.05, 4.69) is 12.2 Å². The molecule has 82 valence electrons. The van der Waals surface area contributed by atoms with E-state index in [1.807, 2.05) is 6.92 Å². The van der Waals surface area contributed by atoms with E-state index in [1.54, 1.807) is 6.92 Å². The van der Waals surface area contributed by atoms with Gasteiger partial charge in [0.2, 0.25) is 0 Å². The van der Waals surface area contributed by atoms with Crippen LogP contribution in [0.3, 0.4) is 0 Å². The van der Waals surface area contributed by atoms with Crippen molar-refractivity contribution in [3.63, 3.8) is 0 Å². The first-order valence-electron chi connectivity index (χ1n) is 5.47. The van der Waals surface area contributed by atoms with Gasteiger partial charge in [-0.15, -0.1) is 0 Å². The van der Waals surface area contributed by atoms with Crippen LogP contribution >= 0.6 is 0 Å². The molecule has 1 rings (SSSR count). The minimum absolute atomic E-state index is 0.0662. The summed E-state index contributed by atoms with van der Waals surface area (Å²) >= 11 is 0. The molecule has 1 aliphatic carbocycles. The monoisotopic (exact) mass is 199 g/mol. The molecular weight excluding hydrogens is 178 g/mol. The van der Waals surface area contributed by atoms with E-state index in [9.17, 15) is 4.79 Å². The molecule has 3 heteroatoms. The highest BCUT2D eigenvalue weighted by atomic mass is 16.4. The molecular formula is C11H21NO2. The fourth-order valence-corrected chi connectivity index (χ4v) is 1.60. The molecule has 2 unspecified atom stereocenters. The van der Waals surface area contributed by atoms with Crippen LogP contribution in [0.2, 0.25) is 0 Å². The summed E-state index contributed by atoms with van der Waals surface area (Å²) in [6.07, 6.45) is 3.80. The van der Waals surface area contributed by atoms with Crippen LogP contribution in [0.15, 0.2) is 0 Å². The van der Waals surface area contributed by atoms with Gasteiger partial charge in [0.15, 0.2) is 0 Å². The molecule has 1 fully saturated rings. The number of carbonyl (C=O) groups is 1. The Morgan fingerprint density at radius 2 is 2.07 bits per heavy atom. The average molecular weight is 199 g/mol. The summed E-state index contributed by atoms with van der Waals surface area (Å²) < 4.78 is 0. The SMILES string of the molecule is CCC1(CNC(C)C(C)C(=O)O)CC1.